The fourth-order valence-corrected chi connectivity index (χ4v) is 1.83. The van der Waals surface area contributed by atoms with E-state index in [1.807, 2.05) is 6.92 Å². The first-order chi connectivity index (χ1) is 10.2. The van der Waals surface area contributed by atoms with Crippen molar-refractivity contribution in [1.29, 1.82) is 0 Å². The highest BCUT2D eigenvalue weighted by molar-refractivity contribution is 6.02. The molecule has 21 heavy (non-hydrogen) atoms. The predicted octanol–water partition coefficient (Wildman–Crippen LogP) is 2.40. The van der Waals surface area contributed by atoms with Gasteiger partial charge in [0.05, 0.1) is 20.3 Å². The number of ether oxygens (including phenoxy) is 2. The summed E-state index contributed by atoms with van der Waals surface area (Å²) in [5.74, 6) is 1.61. The second-order valence-electron chi connectivity index (χ2n) is 4.22. The van der Waals surface area contributed by atoms with Crippen molar-refractivity contribution in [2.45, 2.75) is 13.5 Å². The highest BCUT2D eigenvalue weighted by Gasteiger charge is 2.12. The monoisotopic (exact) mass is 290 g/mol. The van der Waals surface area contributed by atoms with Gasteiger partial charge in [0.2, 0.25) is 0 Å². The summed E-state index contributed by atoms with van der Waals surface area (Å²) in [6, 6.07) is 8.42. The topological polar surface area (TPSA) is 86.7 Å². The van der Waals surface area contributed by atoms with Crippen LogP contribution in [0.15, 0.2) is 34.7 Å². The van der Waals surface area contributed by atoms with E-state index in [0.717, 1.165) is 0 Å². The number of carbonyl (C=O) groups is 1. The van der Waals surface area contributed by atoms with Crippen LogP contribution in [0.2, 0.25) is 0 Å². The Bertz CT molecular complexity index is 622. The van der Waals surface area contributed by atoms with Crippen molar-refractivity contribution in [1.82, 2.24) is 0 Å². The molecule has 0 spiro atoms. The minimum atomic E-state index is -0.345. The van der Waals surface area contributed by atoms with Crippen LogP contribution >= 0.6 is 0 Å². The Morgan fingerprint density at radius 3 is 2.71 bits per heavy atom. The lowest BCUT2D eigenvalue weighted by molar-refractivity contribution is 0.0995. The maximum absolute atomic E-state index is 12.0. The van der Waals surface area contributed by atoms with Crippen LogP contribution in [-0.2, 0) is 6.54 Å². The Labute approximate surface area is 122 Å². The summed E-state index contributed by atoms with van der Waals surface area (Å²) in [5, 5.41) is 2.74. The van der Waals surface area contributed by atoms with Gasteiger partial charge in [0, 0.05) is 11.8 Å². The van der Waals surface area contributed by atoms with Crippen molar-refractivity contribution in [2.24, 2.45) is 5.73 Å². The molecule has 2 rings (SSSR count). The fraction of sp³-hybridized carbons (Fsp3) is 0.267. The van der Waals surface area contributed by atoms with Gasteiger partial charge in [-0.3, -0.25) is 4.79 Å². The molecule has 3 N–H and O–H groups in total. The average Bonchev–Trinajstić information content (AvgIpc) is 2.97. The third-order valence-corrected chi connectivity index (χ3v) is 2.81. The predicted molar refractivity (Wildman–Crippen MR) is 78.7 cm³/mol. The lowest BCUT2D eigenvalue weighted by Gasteiger charge is -2.11. The maximum Gasteiger partial charge on any atom is 0.291 e. The molecule has 0 radical (unpaired) electrons. The third kappa shape index (κ3) is 3.55. The molecule has 6 nitrogen and oxygen atoms in total. The lowest BCUT2D eigenvalue weighted by Crippen LogP contribution is -2.11. The lowest BCUT2D eigenvalue weighted by atomic mass is 10.2. The Morgan fingerprint density at radius 1 is 1.29 bits per heavy atom. The van der Waals surface area contributed by atoms with E-state index in [2.05, 4.69) is 5.32 Å². The summed E-state index contributed by atoms with van der Waals surface area (Å²) in [6.45, 7) is 2.64. The van der Waals surface area contributed by atoms with Crippen molar-refractivity contribution in [3.05, 3.63) is 41.9 Å². The van der Waals surface area contributed by atoms with Crippen LogP contribution in [0.5, 0.6) is 11.5 Å². The highest BCUT2D eigenvalue weighted by atomic mass is 16.5. The number of rotatable bonds is 6. The van der Waals surface area contributed by atoms with Crippen molar-refractivity contribution in [3.8, 4) is 11.5 Å². The first-order valence-electron chi connectivity index (χ1n) is 6.59. The van der Waals surface area contributed by atoms with Crippen LogP contribution in [-0.4, -0.2) is 19.6 Å². The molecule has 0 saturated heterocycles. The van der Waals surface area contributed by atoms with Crippen molar-refractivity contribution >= 4 is 11.6 Å². The molecular weight excluding hydrogens is 272 g/mol. The van der Waals surface area contributed by atoms with E-state index in [1.54, 1.807) is 37.4 Å². The minimum Gasteiger partial charge on any atom is -0.493 e. The van der Waals surface area contributed by atoms with Gasteiger partial charge in [-0.15, -0.1) is 0 Å². The molecule has 0 aliphatic heterocycles. The van der Waals surface area contributed by atoms with Gasteiger partial charge < -0.3 is 24.9 Å². The van der Waals surface area contributed by atoms with Gasteiger partial charge in [-0.2, -0.15) is 0 Å². The molecular formula is C15H18N2O4. The first kappa shape index (κ1) is 14.9. The zero-order chi connectivity index (χ0) is 15.2. The van der Waals surface area contributed by atoms with Gasteiger partial charge in [0.25, 0.3) is 5.91 Å². The Kier molecular flexibility index (Phi) is 4.84. The van der Waals surface area contributed by atoms with Crippen molar-refractivity contribution < 1.29 is 18.7 Å². The molecule has 2 aromatic rings. The fourth-order valence-electron chi connectivity index (χ4n) is 1.83. The van der Waals surface area contributed by atoms with Crippen molar-refractivity contribution in [2.75, 3.05) is 19.0 Å². The van der Waals surface area contributed by atoms with E-state index in [9.17, 15) is 4.79 Å². The Balaban J connectivity index is 2.15. The Hall–Kier alpha value is -2.47. The normalized spacial score (nSPS) is 10.2. The van der Waals surface area contributed by atoms with Gasteiger partial charge in [-0.25, -0.2) is 0 Å². The van der Waals surface area contributed by atoms with E-state index >= 15 is 0 Å². The molecule has 0 unspecified atom stereocenters. The summed E-state index contributed by atoms with van der Waals surface area (Å²) in [7, 11) is 1.56. The minimum absolute atomic E-state index is 0.212. The number of benzene rings is 1. The zero-order valence-electron chi connectivity index (χ0n) is 12.0. The molecule has 6 heteroatoms. The standard InChI is InChI=1S/C15H18N2O4/c1-3-20-14-8-10(4-6-12(14)19-2)17-15(18)13-7-5-11(9-16)21-13/h4-8H,3,9,16H2,1-2H3,(H,17,18). The maximum atomic E-state index is 12.0. The second-order valence-corrected chi connectivity index (χ2v) is 4.22. The highest BCUT2D eigenvalue weighted by Crippen LogP contribution is 2.30. The number of amides is 1. The number of carbonyl (C=O) groups excluding carboxylic acids is 1. The average molecular weight is 290 g/mol. The molecule has 1 aromatic carbocycles. The molecule has 1 heterocycles. The number of anilines is 1. The van der Waals surface area contributed by atoms with Gasteiger partial charge in [0.15, 0.2) is 17.3 Å². The SMILES string of the molecule is CCOc1cc(NC(=O)c2ccc(CN)o2)ccc1OC. The molecule has 1 amide bonds. The summed E-state index contributed by atoms with van der Waals surface area (Å²) >= 11 is 0. The van der Waals surface area contributed by atoms with E-state index in [1.165, 1.54) is 0 Å². The van der Waals surface area contributed by atoms with Crippen LogP contribution < -0.4 is 20.5 Å². The number of furan rings is 1. The van der Waals surface area contributed by atoms with Crippen molar-refractivity contribution in [3.63, 3.8) is 0 Å². The van der Waals surface area contributed by atoms with E-state index in [-0.39, 0.29) is 18.2 Å². The largest absolute Gasteiger partial charge is 0.493 e. The number of nitrogens with two attached hydrogens (primary N) is 1. The zero-order valence-corrected chi connectivity index (χ0v) is 12.0. The molecule has 0 atom stereocenters. The van der Waals surface area contributed by atoms with Crippen LogP contribution in [0.1, 0.15) is 23.2 Å². The summed E-state index contributed by atoms with van der Waals surface area (Å²) in [5.41, 5.74) is 6.04. The number of hydrogen-bond donors (Lipinski definition) is 2. The molecule has 0 aliphatic carbocycles. The van der Waals surface area contributed by atoms with Crippen LogP contribution in [0.25, 0.3) is 0 Å². The van der Waals surface area contributed by atoms with Gasteiger partial charge in [-0.05, 0) is 31.2 Å². The first-order valence-corrected chi connectivity index (χ1v) is 6.59. The smallest absolute Gasteiger partial charge is 0.291 e. The number of nitrogens with one attached hydrogen (secondary N) is 1. The number of methoxy groups -OCH3 is 1. The molecule has 1 aromatic heterocycles. The quantitative estimate of drug-likeness (QED) is 0.853. The second kappa shape index (κ2) is 6.81. The summed E-state index contributed by atoms with van der Waals surface area (Å²) in [6.07, 6.45) is 0. The van der Waals surface area contributed by atoms with Crippen LogP contribution in [0.4, 0.5) is 5.69 Å². The molecule has 0 saturated carbocycles. The molecule has 0 fully saturated rings. The number of hydrogen-bond acceptors (Lipinski definition) is 5. The van der Waals surface area contributed by atoms with Gasteiger partial charge in [-0.1, -0.05) is 0 Å². The van der Waals surface area contributed by atoms with E-state index < -0.39 is 0 Å². The molecule has 112 valence electrons. The van der Waals surface area contributed by atoms with Crippen LogP contribution in [0, 0.1) is 0 Å². The van der Waals surface area contributed by atoms with E-state index in [4.69, 9.17) is 19.6 Å². The van der Waals surface area contributed by atoms with Crippen LogP contribution in [0.3, 0.4) is 0 Å². The summed E-state index contributed by atoms with van der Waals surface area (Å²) in [4.78, 5) is 12.0. The van der Waals surface area contributed by atoms with Gasteiger partial charge >= 0.3 is 0 Å². The molecule has 0 bridgehead atoms. The van der Waals surface area contributed by atoms with E-state index in [0.29, 0.717) is 29.6 Å². The molecule has 0 aliphatic rings. The third-order valence-electron chi connectivity index (χ3n) is 2.81. The summed E-state index contributed by atoms with van der Waals surface area (Å²) < 4.78 is 15.9. The Morgan fingerprint density at radius 2 is 2.10 bits per heavy atom. The van der Waals surface area contributed by atoms with Gasteiger partial charge in [0.1, 0.15) is 5.76 Å².